The Morgan fingerprint density at radius 1 is 1.06 bits per heavy atom. The molecule has 0 unspecified atom stereocenters. The van der Waals surface area contributed by atoms with Gasteiger partial charge in [-0.25, -0.2) is 0 Å². The molecule has 0 bridgehead atoms. The summed E-state index contributed by atoms with van der Waals surface area (Å²) in [5.41, 5.74) is 2.64. The predicted octanol–water partition coefficient (Wildman–Crippen LogP) is 6.73. The number of aromatic nitrogens is 1. The molecule has 0 saturated heterocycles. The number of methoxy groups -OCH3 is 1. The molecule has 0 radical (unpaired) electrons. The van der Waals surface area contributed by atoms with Gasteiger partial charge >= 0.3 is 0 Å². The molecule has 0 fully saturated rings. The van der Waals surface area contributed by atoms with Crippen LogP contribution in [0.2, 0.25) is 0 Å². The number of aryl methyl sites for hydroxylation is 1. The second-order valence-corrected chi connectivity index (χ2v) is 8.57. The number of ketones is 1. The Morgan fingerprint density at radius 3 is 2.78 bits per heavy atom. The maximum absolute atomic E-state index is 12.5. The van der Waals surface area contributed by atoms with Crippen molar-refractivity contribution in [2.45, 2.75) is 26.4 Å². The number of para-hydroxylation sites is 1. The summed E-state index contributed by atoms with van der Waals surface area (Å²) in [6.45, 7) is 2.47. The van der Waals surface area contributed by atoms with E-state index >= 15 is 0 Å². The number of thiophene rings is 1. The number of hydrogen-bond acceptors (Lipinski definition) is 5. The van der Waals surface area contributed by atoms with E-state index in [2.05, 4.69) is 11.9 Å². The van der Waals surface area contributed by atoms with Crippen molar-refractivity contribution in [1.82, 2.24) is 4.98 Å². The molecule has 2 aromatic carbocycles. The molecule has 2 heterocycles. The topological polar surface area (TPSA) is 48.4 Å². The maximum atomic E-state index is 12.5. The van der Waals surface area contributed by atoms with E-state index in [0.29, 0.717) is 6.61 Å². The van der Waals surface area contributed by atoms with Gasteiger partial charge in [0.2, 0.25) is 0 Å². The summed E-state index contributed by atoms with van der Waals surface area (Å²) in [6.07, 6.45) is 7.31. The predicted molar refractivity (Wildman–Crippen MR) is 131 cm³/mol. The highest BCUT2D eigenvalue weighted by atomic mass is 32.1. The Morgan fingerprint density at radius 2 is 1.94 bits per heavy atom. The van der Waals surface area contributed by atoms with E-state index in [-0.39, 0.29) is 5.78 Å². The fourth-order valence-corrected chi connectivity index (χ4v) is 4.54. The van der Waals surface area contributed by atoms with Crippen LogP contribution < -0.4 is 9.47 Å². The van der Waals surface area contributed by atoms with E-state index in [1.807, 2.05) is 66.7 Å². The average Bonchev–Trinajstić information content (AvgIpc) is 3.30. The van der Waals surface area contributed by atoms with Gasteiger partial charge in [0.05, 0.1) is 12.0 Å². The molecule has 0 aliphatic carbocycles. The van der Waals surface area contributed by atoms with E-state index in [0.717, 1.165) is 51.2 Å². The number of rotatable bonds is 9. The standard InChI is InChI=1S/C27H25NO3S/c1-3-6-22-12-15-26(32-22)23(29)13-10-19-11-14-24(30-2)21(17-19)18-31-25-9-4-7-20-8-5-16-28-27(20)25/h4-5,7-17H,3,6,18H2,1-2H3/b13-10+. The van der Waals surface area contributed by atoms with Crippen molar-refractivity contribution < 1.29 is 14.3 Å². The molecule has 5 heteroatoms. The number of carbonyl (C=O) groups excluding carboxylic acids is 1. The Kier molecular flexibility index (Phi) is 6.97. The highest BCUT2D eigenvalue weighted by Crippen LogP contribution is 2.27. The summed E-state index contributed by atoms with van der Waals surface area (Å²) >= 11 is 1.57. The van der Waals surface area contributed by atoms with E-state index in [4.69, 9.17) is 9.47 Å². The first kappa shape index (κ1) is 21.8. The second kappa shape index (κ2) is 10.2. The fourth-order valence-electron chi connectivity index (χ4n) is 3.51. The van der Waals surface area contributed by atoms with Gasteiger partial charge in [0.15, 0.2) is 5.78 Å². The largest absolute Gasteiger partial charge is 0.496 e. The van der Waals surface area contributed by atoms with E-state index in [9.17, 15) is 4.79 Å². The van der Waals surface area contributed by atoms with Gasteiger partial charge in [-0.15, -0.1) is 11.3 Å². The van der Waals surface area contributed by atoms with Crippen molar-refractivity contribution in [1.29, 1.82) is 0 Å². The third-order valence-corrected chi connectivity index (χ3v) is 6.27. The maximum Gasteiger partial charge on any atom is 0.195 e. The first-order valence-electron chi connectivity index (χ1n) is 10.6. The number of pyridine rings is 1. The Hall–Kier alpha value is -3.44. The summed E-state index contributed by atoms with van der Waals surface area (Å²) in [7, 11) is 1.64. The molecule has 0 spiro atoms. The van der Waals surface area contributed by atoms with E-state index in [1.54, 1.807) is 30.7 Å². The van der Waals surface area contributed by atoms with Crippen molar-refractivity contribution in [3.8, 4) is 11.5 Å². The van der Waals surface area contributed by atoms with Gasteiger partial charge in [0, 0.05) is 22.0 Å². The first-order valence-corrected chi connectivity index (χ1v) is 11.4. The molecule has 162 valence electrons. The van der Waals surface area contributed by atoms with Crippen molar-refractivity contribution in [3.63, 3.8) is 0 Å². The van der Waals surface area contributed by atoms with Crippen molar-refractivity contribution in [2.75, 3.05) is 7.11 Å². The van der Waals surface area contributed by atoms with Crippen molar-refractivity contribution in [2.24, 2.45) is 0 Å². The molecule has 4 aromatic rings. The summed E-state index contributed by atoms with van der Waals surface area (Å²) in [5, 5.41) is 1.03. The van der Waals surface area contributed by atoms with Gasteiger partial charge < -0.3 is 9.47 Å². The van der Waals surface area contributed by atoms with Crippen LogP contribution in [0.25, 0.3) is 17.0 Å². The molecule has 0 N–H and O–H groups in total. The number of ether oxygens (including phenoxy) is 2. The lowest BCUT2D eigenvalue weighted by atomic mass is 10.1. The zero-order valence-electron chi connectivity index (χ0n) is 18.2. The lowest BCUT2D eigenvalue weighted by molar-refractivity contribution is 0.105. The monoisotopic (exact) mass is 443 g/mol. The van der Waals surface area contributed by atoms with Gasteiger partial charge in [-0.3, -0.25) is 9.78 Å². The van der Waals surface area contributed by atoms with Gasteiger partial charge in [0.25, 0.3) is 0 Å². The summed E-state index contributed by atoms with van der Waals surface area (Å²) in [6, 6.07) is 19.6. The van der Waals surface area contributed by atoms with Crippen LogP contribution in [-0.4, -0.2) is 17.9 Å². The lowest BCUT2D eigenvalue weighted by Gasteiger charge is -2.12. The minimum atomic E-state index is 0.0211. The SMILES string of the molecule is CCCc1ccc(C(=O)/C=C/c2ccc(OC)c(COc3cccc4cccnc34)c2)s1. The Bertz CT molecular complexity index is 1250. The quantitative estimate of drug-likeness (QED) is 0.212. The number of benzene rings is 2. The molecule has 32 heavy (non-hydrogen) atoms. The van der Waals surface area contributed by atoms with E-state index in [1.165, 1.54) is 4.88 Å². The average molecular weight is 444 g/mol. The first-order chi connectivity index (χ1) is 15.7. The van der Waals surface area contributed by atoms with Crippen LogP contribution in [-0.2, 0) is 13.0 Å². The normalized spacial score (nSPS) is 11.2. The van der Waals surface area contributed by atoms with Gasteiger partial charge in [-0.05, 0) is 54.5 Å². The smallest absolute Gasteiger partial charge is 0.195 e. The van der Waals surface area contributed by atoms with Gasteiger partial charge in [-0.1, -0.05) is 43.7 Å². The number of carbonyl (C=O) groups is 1. The molecule has 0 amide bonds. The van der Waals surface area contributed by atoms with Crippen LogP contribution in [0, 0.1) is 0 Å². The Balaban J connectivity index is 1.50. The van der Waals surface area contributed by atoms with Crippen molar-refractivity contribution >= 4 is 34.1 Å². The third-order valence-electron chi connectivity index (χ3n) is 5.11. The molecular weight excluding hydrogens is 418 g/mol. The second-order valence-electron chi connectivity index (χ2n) is 7.40. The molecule has 0 aliphatic heterocycles. The zero-order chi connectivity index (χ0) is 22.3. The number of hydrogen-bond donors (Lipinski definition) is 0. The Labute approximate surface area is 192 Å². The lowest BCUT2D eigenvalue weighted by Crippen LogP contribution is -2.00. The number of nitrogens with zero attached hydrogens (tertiary/aromatic N) is 1. The zero-order valence-corrected chi connectivity index (χ0v) is 19.0. The summed E-state index contributed by atoms with van der Waals surface area (Å²) in [5.74, 6) is 1.48. The van der Waals surface area contributed by atoms with Crippen LogP contribution in [0.3, 0.4) is 0 Å². The molecule has 4 nitrogen and oxygen atoms in total. The van der Waals surface area contributed by atoms with Crippen LogP contribution in [0.1, 0.15) is 39.0 Å². The summed E-state index contributed by atoms with van der Waals surface area (Å²) < 4.78 is 11.6. The molecule has 0 aliphatic rings. The molecular formula is C27H25NO3S. The minimum Gasteiger partial charge on any atom is -0.496 e. The highest BCUT2D eigenvalue weighted by Gasteiger charge is 2.09. The number of fused-ring (bicyclic) bond motifs is 1. The van der Waals surface area contributed by atoms with Crippen LogP contribution in [0.4, 0.5) is 0 Å². The van der Waals surface area contributed by atoms with Crippen LogP contribution in [0.15, 0.2) is 72.9 Å². The molecule has 0 atom stereocenters. The van der Waals surface area contributed by atoms with Crippen molar-refractivity contribution in [3.05, 3.63) is 93.8 Å². The van der Waals surface area contributed by atoms with Crippen LogP contribution in [0.5, 0.6) is 11.5 Å². The molecule has 0 saturated carbocycles. The van der Waals surface area contributed by atoms with Gasteiger partial charge in [-0.2, -0.15) is 0 Å². The minimum absolute atomic E-state index is 0.0211. The molecule has 4 rings (SSSR count). The fraction of sp³-hybridized carbons (Fsp3) is 0.185. The highest BCUT2D eigenvalue weighted by molar-refractivity contribution is 7.14. The number of allylic oxidation sites excluding steroid dienone is 1. The molecule has 2 aromatic heterocycles. The third kappa shape index (κ3) is 5.06. The van der Waals surface area contributed by atoms with E-state index < -0.39 is 0 Å². The van der Waals surface area contributed by atoms with Crippen LogP contribution >= 0.6 is 11.3 Å². The summed E-state index contributed by atoms with van der Waals surface area (Å²) in [4.78, 5) is 19.0. The van der Waals surface area contributed by atoms with Gasteiger partial charge in [0.1, 0.15) is 23.6 Å².